The SMILES string of the molecule is COc1c[c]sc1F. The van der Waals surface area contributed by atoms with Crippen molar-refractivity contribution in [3.8, 4) is 5.75 Å². The molecule has 1 rings (SSSR count). The van der Waals surface area contributed by atoms with Crippen LogP contribution < -0.4 is 4.74 Å². The average molecular weight is 131 g/mol. The highest BCUT2D eigenvalue weighted by Gasteiger charge is 1.99. The molecule has 8 heavy (non-hydrogen) atoms. The Morgan fingerprint density at radius 3 is 2.88 bits per heavy atom. The van der Waals surface area contributed by atoms with Crippen LogP contribution in [-0.2, 0) is 0 Å². The van der Waals surface area contributed by atoms with Crippen molar-refractivity contribution in [1.82, 2.24) is 0 Å². The highest BCUT2D eigenvalue weighted by atomic mass is 32.1. The van der Waals surface area contributed by atoms with Gasteiger partial charge in [-0.15, -0.1) is 11.3 Å². The molecule has 0 aromatic carbocycles. The maximum absolute atomic E-state index is 12.2. The van der Waals surface area contributed by atoms with E-state index in [1.807, 2.05) is 0 Å². The van der Waals surface area contributed by atoms with Crippen LogP contribution in [0.15, 0.2) is 6.07 Å². The largest absolute Gasteiger partial charge is 0.493 e. The van der Waals surface area contributed by atoms with Crippen LogP contribution in [0.1, 0.15) is 0 Å². The maximum Gasteiger partial charge on any atom is 0.219 e. The second-order valence-corrected chi connectivity index (χ2v) is 2.00. The first kappa shape index (κ1) is 5.56. The van der Waals surface area contributed by atoms with E-state index in [1.165, 1.54) is 13.2 Å². The Morgan fingerprint density at radius 2 is 2.62 bits per heavy atom. The summed E-state index contributed by atoms with van der Waals surface area (Å²) in [6.07, 6.45) is 0. The van der Waals surface area contributed by atoms with Gasteiger partial charge in [0.05, 0.1) is 12.5 Å². The standard InChI is InChI=1S/C5H4FOS/c1-7-4-2-3-8-5(4)6/h2H,1H3. The van der Waals surface area contributed by atoms with Crippen molar-refractivity contribution in [3.63, 3.8) is 0 Å². The molecule has 0 aliphatic rings. The van der Waals surface area contributed by atoms with Crippen LogP contribution >= 0.6 is 11.3 Å². The zero-order valence-electron chi connectivity index (χ0n) is 4.27. The van der Waals surface area contributed by atoms with Crippen LogP contribution in [0.3, 0.4) is 0 Å². The van der Waals surface area contributed by atoms with Gasteiger partial charge in [0.25, 0.3) is 0 Å². The first-order valence-corrected chi connectivity index (χ1v) is 2.85. The third-order valence-corrected chi connectivity index (χ3v) is 1.37. The first-order chi connectivity index (χ1) is 3.84. The molecule has 0 N–H and O–H groups in total. The van der Waals surface area contributed by atoms with Crippen molar-refractivity contribution in [1.29, 1.82) is 0 Å². The number of hydrogen-bond donors (Lipinski definition) is 0. The van der Waals surface area contributed by atoms with Crippen molar-refractivity contribution in [2.45, 2.75) is 0 Å². The molecule has 1 heterocycles. The molecular weight excluding hydrogens is 127 g/mol. The summed E-state index contributed by atoms with van der Waals surface area (Å²) in [6, 6.07) is 1.47. The minimum absolute atomic E-state index is 0.273. The molecule has 43 valence electrons. The van der Waals surface area contributed by atoms with Crippen LogP contribution in [0.25, 0.3) is 0 Å². The van der Waals surface area contributed by atoms with Gasteiger partial charge >= 0.3 is 0 Å². The molecule has 3 heteroatoms. The van der Waals surface area contributed by atoms with Crippen LogP contribution in [0.2, 0.25) is 0 Å². The van der Waals surface area contributed by atoms with Gasteiger partial charge in [-0.05, 0) is 0 Å². The first-order valence-electron chi connectivity index (χ1n) is 2.04. The van der Waals surface area contributed by atoms with E-state index in [-0.39, 0.29) is 10.9 Å². The monoisotopic (exact) mass is 131 g/mol. The number of ether oxygens (including phenoxy) is 1. The molecule has 0 aliphatic carbocycles. The van der Waals surface area contributed by atoms with Crippen molar-refractivity contribution < 1.29 is 9.13 Å². The summed E-state index contributed by atoms with van der Waals surface area (Å²) in [7, 11) is 1.43. The second kappa shape index (κ2) is 2.13. The molecule has 1 aromatic rings. The van der Waals surface area contributed by atoms with E-state index in [1.54, 1.807) is 0 Å². The third kappa shape index (κ3) is 0.816. The smallest absolute Gasteiger partial charge is 0.219 e. The van der Waals surface area contributed by atoms with Crippen LogP contribution in [0.5, 0.6) is 5.75 Å². The van der Waals surface area contributed by atoms with E-state index >= 15 is 0 Å². The van der Waals surface area contributed by atoms with Crippen LogP contribution in [0, 0.1) is 10.5 Å². The van der Waals surface area contributed by atoms with Gasteiger partial charge in [0.1, 0.15) is 0 Å². The summed E-state index contributed by atoms with van der Waals surface area (Å²) in [4.78, 5) is 0. The molecular formula is C5H4FOS. The number of halogens is 1. The Morgan fingerprint density at radius 1 is 1.88 bits per heavy atom. The summed E-state index contributed by atoms with van der Waals surface area (Å²) >= 11 is 0.912. The topological polar surface area (TPSA) is 9.23 Å². The van der Waals surface area contributed by atoms with Gasteiger partial charge in [-0.3, -0.25) is 0 Å². The number of thiophene rings is 1. The second-order valence-electron chi connectivity index (χ2n) is 1.21. The minimum Gasteiger partial charge on any atom is -0.493 e. The predicted molar refractivity (Wildman–Crippen MR) is 29.7 cm³/mol. The lowest BCUT2D eigenvalue weighted by Crippen LogP contribution is -1.79. The van der Waals surface area contributed by atoms with E-state index in [0.29, 0.717) is 0 Å². The van der Waals surface area contributed by atoms with E-state index < -0.39 is 0 Å². The molecule has 0 amide bonds. The Kier molecular flexibility index (Phi) is 1.48. The van der Waals surface area contributed by atoms with Crippen LogP contribution in [0.4, 0.5) is 4.39 Å². The van der Waals surface area contributed by atoms with Crippen LogP contribution in [-0.4, -0.2) is 7.11 Å². The van der Waals surface area contributed by atoms with Crippen molar-refractivity contribution in [2.75, 3.05) is 7.11 Å². The quantitative estimate of drug-likeness (QED) is 0.563. The molecule has 1 aromatic heterocycles. The maximum atomic E-state index is 12.2. The molecule has 1 radical (unpaired) electrons. The van der Waals surface area contributed by atoms with Gasteiger partial charge in [0.2, 0.25) is 5.13 Å². The number of hydrogen-bond acceptors (Lipinski definition) is 2. The molecule has 0 unspecified atom stereocenters. The molecule has 1 nitrogen and oxygen atoms in total. The lowest BCUT2D eigenvalue weighted by molar-refractivity contribution is 0.393. The Balaban J connectivity index is 2.92. The van der Waals surface area contributed by atoms with Crippen molar-refractivity contribution in [3.05, 3.63) is 16.6 Å². The molecule has 0 atom stereocenters. The Labute approximate surface area is 50.7 Å². The van der Waals surface area contributed by atoms with Crippen molar-refractivity contribution >= 4 is 11.3 Å². The lowest BCUT2D eigenvalue weighted by atomic mass is 10.6. The molecule has 0 aliphatic heterocycles. The van der Waals surface area contributed by atoms with E-state index in [0.717, 1.165) is 11.3 Å². The summed E-state index contributed by atoms with van der Waals surface area (Å²) in [5, 5.41) is 2.28. The number of rotatable bonds is 1. The fourth-order valence-electron chi connectivity index (χ4n) is 0.381. The Hall–Kier alpha value is -0.570. The average Bonchev–Trinajstić information content (AvgIpc) is 2.14. The zero-order chi connectivity index (χ0) is 5.98. The summed E-state index contributed by atoms with van der Waals surface area (Å²) in [6.45, 7) is 0. The van der Waals surface area contributed by atoms with Gasteiger partial charge < -0.3 is 4.74 Å². The van der Waals surface area contributed by atoms with E-state index in [9.17, 15) is 4.39 Å². The molecule has 0 spiro atoms. The molecule has 0 fully saturated rings. The Bertz CT molecular complexity index is 173. The molecule has 0 saturated carbocycles. The fraction of sp³-hybridized carbons (Fsp3) is 0.200. The van der Waals surface area contributed by atoms with E-state index in [2.05, 4.69) is 10.1 Å². The van der Waals surface area contributed by atoms with Crippen molar-refractivity contribution in [2.24, 2.45) is 0 Å². The molecule has 0 saturated heterocycles. The highest BCUT2D eigenvalue weighted by Crippen LogP contribution is 2.20. The van der Waals surface area contributed by atoms with Gasteiger partial charge in [0.15, 0.2) is 5.75 Å². The normalized spacial score (nSPS) is 9.25. The van der Waals surface area contributed by atoms with Gasteiger partial charge in [0, 0.05) is 6.07 Å². The third-order valence-electron chi connectivity index (χ3n) is 0.752. The minimum atomic E-state index is -0.312. The lowest BCUT2D eigenvalue weighted by Gasteiger charge is -1.89. The summed E-state index contributed by atoms with van der Waals surface area (Å²) in [5.74, 6) is 0.273. The summed E-state index contributed by atoms with van der Waals surface area (Å²) in [5.41, 5.74) is 0. The number of methoxy groups -OCH3 is 1. The molecule has 0 bridgehead atoms. The van der Waals surface area contributed by atoms with E-state index in [4.69, 9.17) is 0 Å². The highest BCUT2D eigenvalue weighted by molar-refractivity contribution is 7.08. The van der Waals surface area contributed by atoms with Gasteiger partial charge in [-0.1, -0.05) is 0 Å². The summed E-state index contributed by atoms with van der Waals surface area (Å²) < 4.78 is 16.8. The zero-order valence-corrected chi connectivity index (χ0v) is 5.09. The fourth-order valence-corrected chi connectivity index (χ4v) is 0.893. The predicted octanol–water partition coefficient (Wildman–Crippen LogP) is 1.70. The van der Waals surface area contributed by atoms with Gasteiger partial charge in [-0.2, -0.15) is 4.39 Å². The van der Waals surface area contributed by atoms with Gasteiger partial charge in [-0.25, -0.2) is 0 Å².